The van der Waals surface area contributed by atoms with Gasteiger partial charge < -0.3 is 14.6 Å². The van der Waals surface area contributed by atoms with Crippen molar-refractivity contribution < 1.29 is 14.1 Å². The third-order valence-corrected chi connectivity index (χ3v) is 1.75. The number of hydrogen-bond acceptors (Lipinski definition) is 6. The molecule has 0 atom stereocenters. The minimum atomic E-state index is -0.392. The molecule has 0 aliphatic rings. The number of esters is 1. The van der Waals surface area contributed by atoms with Crippen molar-refractivity contribution in [3.63, 3.8) is 0 Å². The molecule has 0 aliphatic carbocycles. The van der Waals surface area contributed by atoms with E-state index in [9.17, 15) is 4.79 Å². The molecule has 6 nitrogen and oxygen atoms in total. The Labute approximate surface area is 93.7 Å². The molecule has 0 radical (unpaired) electrons. The van der Waals surface area contributed by atoms with E-state index in [1.54, 1.807) is 13.8 Å². The lowest BCUT2D eigenvalue weighted by atomic mass is 10.3. The van der Waals surface area contributed by atoms with E-state index in [2.05, 4.69) is 22.0 Å². The summed E-state index contributed by atoms with van der Waals surface area (Å²) in [6.45, 7) is 8.18. The van der Waals surface area contributed by atoms with E-state index in [-0.39, 0.29) is 0 Å². The number of aryl methyl sites for hydroxylation is 1. The van der Waals surface area contributed by atoms with Crippen molar-refractivity contribution in [3.8, 4) is 0 Å². The van der Waals surface area contributed by atoms with Crippen LogP contribution in [-0.4, -0.2) is 29.3 Å². The largest absolute Gasteiger partial charge is 0.463 e. The summed E-state index contributed by atoms with van der Waals surface area (Å²) in [5.41, 5.74) is 0.373. The molecule has 0 saturated carbocycles. The molecular formula is C10H15N3O3. The molecule has 1 aromatic rings. The van der Waals surface area contributed by atoms with Crippen LogP contribution in [0.4, 0.5) is 0 Å². The lowest BCUT2D eigenvalue weighted by Crippen LogP contribution is -2.21. The van der Waals surface area contributed by atoms with Gasteiger partial charge in [0.2, 0.25) is 5.89 Å². The number of rotatable bonds is 6. The molecular weight excluding hydrogens is 210 g/mol. The fraction of sp³-hybridized carbons (Fsp3) is 0.500. The van der Waals surface area contributed by atoms with E-state index in [0.29, 0.717) is 37.0 Å². The van der Waals surface area contributed by atoms with Crippen LogP contribution in [0.25, 0.3) is 0 Å². The van der Waals surface area contributed by atoms with E-state index in [0.717, 1.165) is 0 Å². The first-order chi connectivity index (χ1) is 7.63. The summed E-state index contributed by atoms with van der Waals surface area (Å²) in [6, 6.07) is 0. The fourth-order valence-electron chi connectivity index (χ4n) is 1.04. The summed E-state index contributed by atoms with van der Waals surface area (Å²) in [5, 5.41) is 6.60. The predicted molar refractivity (Wildman–Crippen MR) is 56.5 cm³/mol. The maximum absolute atomic E-state index is 11.2. The predicted octanol–water partition coefficient (Wildman–Crippen LogP) is 0.587. The number of carbonyl (C=O) groups excluding carboxylic acids is 1. The van der Waals surface area contributed by atoms with Gasteiger partial charge in [0.15, 0.2) is 5.82 Å². The second-order valence-corrected chi connectivity index (χ2v) is 3.16. The maximum Gasteiger partial charge on any atom is 0.334 e. The van der Waals surface area contributed by atoms with Gasteiger partial charge in [-0.1, -0.05) is 11.7 Å². The molecule has 1 aromatic heterocycles. The standard InChI is InChI=1S/C10H15N3O3/c1-4-15-10(14)7(2)5-11-6-9-12-8(3)13-16-9/h11H,2,4-6H2,1,3H3. The molecule has 0 amide bonds. The van der Waals surface area contributed by atoms with Crippen molar-refractivity contribution >= 4 is 5.97 Å². The second kappa shape index (κ2) is 6.02. The van der Waals surface area contributed by atoms with Gasteiger partial charge in [0, 0.05) is 12.1 Å². The summed E-state index contributed by atoms with van der Waals surface area (Å²) in [6.07, 6.45) is 0. The molecule has 0 aromatic carbocycles. The highest BCUT2D eigenvalue weighted by atomic mass is 16.5. The van der Waals surface area contributed by atoms with Gasteiger partial charge in [-0.3, -0.25) is 0 Å². The van der Waals surface area contributed by atoms with E-state index in [1.807, 2.05) is 0 Å². The number of nitrogens with one attached hydrogen (secondary N) is 1. The number of nitrogens with zero attached hydrogens (tertiary/aromatic N) is 2. The van der Waals surface area contributed by atoms with Gasteiger partial charge in [-0.25, -0.2) is 4.79 Å². The average Bonchev–Trinajstić information content (AvgIpc) is 2.64. The highest BCUT2D eigenvalue weighted by molar-refractivity contribution is 5.88. The lowest BCUT2D eigenvalue weighted by molar-refractivity contribution is -0.138. The van der Waals surface area contributed by atoms with Gasteiger partial charge in [0.25, 0.3) is 0 Å². The first kappa shape index (κ1) is 12.4. The van der Waals surface area contributed by atoms with Crippen molar-refractivity contribution in [1.29, 1.82) is 0 Å². The van der Waals surface area contributed by atoms with Crippen LogP contribution in [0, 0.1) is 6.92 Å². The Balaban J connectivity index is 2.25. The summed E-state index contributed by atoms with van der Waals surface area (Å²) >= 11 is 0. The zero-order valence-corrected chi connectivity index (χ0v) is 9.45. The Morgan fingerprint density at radius 2 is 2.38 bits per heavy atom. The topological polar surface area (TPSA) is 77.3 Å². The molecule has 1 N–H and O–H groups in total. The summed E-state index contributed by atoms with van der Waals surface area (Å²) in [7, 11) is 0. The van der Waals surface area contributed by atoms with Gasteiger partial charge in [-0.15, -0.1) is 0 Å². The van der Waals surface area contributed by atoms with Crippen LogP contribution in [0.1, 0.15) is 18.6 Å². The molecule has 0 aliphatic heterocycles. The highest BCUT2D eigenvalue weighted by Crippen LogP contribution is 1.97. The Morgan fingerprint density at radius 1 is 1.62 bits per heavy atom. The van der Waals surface area contributed by atoms with E-state index in [1.165, 1.54) is 0 Å². The SMILES string of the molecule is C=C(CNCc1nc(C)no1)C(=O)OCC. The van der Waals surface area contributed by atoms with Crippen LogP contribution in [0.2, 0.25) is 0 Å². The second-order valence-electron chi connectivity index (χ2n) is 3.16. The highest BCUT2D eigenvalue weighted by Gasteiger charge is 2.08. The normalized spacial score (nSPS) is 10.1. The quantitative estimate of drug-likeness (QED) is 0.564. The fourth-order valence-corrected chi connectivity index (χ4v) is 1.04. The van der Waals surface area contributed by atoms with Crippen molar-refractivity contribution in [3.05, 3.63) is 23.9 Å². The molecule has 88 valence electrons. The molecule has 0 spiro atoms. The number of aromatic nitrogens is 2. The molecule has 0 fully saturated rings. The Morgan fingerprint density at radius 3 is 2.94 bits per heavy atom. The van der Waals surface area contributed by atoms with E-state index < -0.39 is 5.97 Å². The van der Waals surface area contributed by atoms with E-state index >= 15 is 0 Å². The molecule has 0 unspecified atom stereocenters. The van der Waals surface area contributed by atoms with Crippen LogP contribution >= 0.6 is 0 Å². The van der Waals surface area contributed by atoms with Gasteiger partial charge in [-0.05, 0) is 13.8 Å². The molecule has 0 saturated heterocycles. The zero-order valence-electron chi connectivity index (χ0n) is 9.45. The number of carbonyl (C=O) groups is 1. The molecule has 1 heterocycles. The van der Waals surface area contributed by atoms with Gasteiger partial charge in [-0.2, -0.15) is 4.98 Å². The van der Waals surface area contributed by atoms with Crippen LogP contribution in [0.15, 0.2) is 16.7 Å². The first-order valence-electron chi connectivity index (χ1n) is 4.98. The Bertz CT molecular complexity index is 373. The van der Waals surface area contributed by atoms with Crippen LogP contribution in [0.3, 0.4) is 0 Å². The van der Waals surface area contributed by atoms with Crippen LogP contribution in [0.5, 0.6) is 0 Å². The van der Waals surface area contributed by atoms with Gasteiger partial charge in [0.1, 0.15) is 0 Å². The molecule has 6 heteroatoms. The third-order valence-electron chi connectivity index (χ3n) is 1.75. The Kier molecular flexibility index (Phi) is 4.65. The smallest absolute Gasteiger partial charge is 0.334 e. The summed E-state index contributed by atoms with van der Waals surface area (Å²) < 4.78 is 9.67. The third kappa shape index (κ3) is 3.82. The van der Waals surface area contributed by atoms with Crippen LogP contribution in [-0.2, 0) is 16.1 Å². The Hall–Kier alpha value is -1.69. The van der Waals surface area contributed by atoms with Gasteiger partial charge in [0.05, 0.1) is 13.2 Å². The van der Waals surface area contributed by atoms with E-state index in [4.69, 9.17) is 9.26 Å². The first-order valence-corrected chi connectivity index (χ1v) is 4.98. The summed E-state index contributed by atoms with van der Waals surface area (Å²) in [5.74, 6) is 0.673. The number of hydrogen-bond donors (Lipinski definition) is 1. The minimum absolute atomic E-state index is 0.334. The minimum Gasteiger partial charge on any atom is -0.463 e. The van der Waals surface area contributed by atoms with Crippen molar-refractivity contribution in [1.82, 2.24) is 15.5 Å². The van der Waals surface area contributed by atoms with Crippen LogP contribution < -0.4 is 5.32 Å². The molecule has 16 heavy (non-hydrogen) atoms. The van der Waals surface area contributed by atoms with Crippen molar-refractivity contribution in [2.45, 2.75) is 20.4 Å². The number of ether oxygens (including phenoxy) is 1. The monoisotopic (exact) mass is 225 g/mol. The summed E-state index contributed by atoms with van der Waals surface area (Å²) in [4.78, 5) is 15.2. The molecule has 0 bridgehead atoms. The van der Waals surface area contributed by atoms with Gasteiger partial charge >= 0.3 is 5.97 Å². The average molecular weight is 225 g/mol. The molecule has 1 rings (SSSR count). The van der Waals surface area contributed by atoms with Crippen molar-refractivity contribution in [2.24, 2.45) is 0 Å². The maximum atomic E-state index is 11.2. The lowest BCUT2D eigenvalue weighted by Gasteiger charge is -2.04. The zero-order chi connectivity index (χ0) is 12.0. The van der Waals surface area contributed by atoms with Crippen molar-refractivity contribution in [2.75, 3.05) is 13.2 Å².